The number of nitrogens with one attached hydrogen (secondary N) is 1. The van der Waals surface area contributed by atoms with Crippen LogP contribution in [0.1, 0.15) is 37.7 Å². The van der Waals surface area contributed by atoms with Gasteiger partial charge in [0, 0.05) is 19.5 Å². The topological polar surface area (TPSA) is 52.0 Å². The highest BCUT2D eigenvalue weighted by molar-refractivity contribution is 5.31. The van der Waals surface area contributed by atoms with Crippen LogP contribution in [0.3, 0.4) is 0 Å². The van der Waals surface area contributed by atoms with Crippen LogP contribution in [0.5, 0.6) is 5.75 Å². The van der Waals surface area contributed by atoms with Crippen molar-refractivity contribution in [2.45, 2.75) is 32.7 Å². The van der Waals surface area contributed by atoms with E-state index in [4.69, 9.17) is 4.74 Å². The molecule has 0 aliphatic heterocycles. The molecule has 0 spiro atoms. The number of aromatic nitrogens is 3. The predicted octanol–water partition coefficient (Wildman–Crippen LogP) is 2.50. The first-order chi connectivity index (χ1) is 10.2. The normalized spacial score (nSPS) is 12.3. The highest BCUT2D eigenvalue weighted by Gasteiger charge is 2.14. The van der Waals surface area contributed by atoms with Gasteiger partial charge in [-0.25, -0.2) is 4.98 Å². The molecule has 5 nitrogen and oxygen atoms in total. The molecule has 0 amide bonds. The fourth-order valence-corrected chi connectivity index (χ4v) is 2.28. The smallest absolute Gasteiger partial charge is 0.138 e. The van der Waals surface area contributed by atoms with Crippen molar-refractivity contribution in [2.24, 2.45) is 7.05 Å². The average Bonchev–Trinajstić information content (AvgIpc) is 2.90. The van der Waals surface area contributed by atoms with Crippen LogP contribution < -0.4 is 10.1 Å². The van der Waals surface area contributed by atoms with Crippen LogP contribution in [-0.2, 0) is 13.5 Å². The van der Waals surface area contributed by atoms with E-state index in [0.717, 1.165) is 37.6 Å². The minimum absolute atomic E-state index is 0.211. The molecule has 0 radical (unpaired) electrons. The zero-order chi connectivity index (χ0) is 15.1. The van der Waals surface area contributed by atoms with E-state index in [0.29, 0.717) is 0 Å². The molecule has 21 heavy (non-hydrogen) atoms. The molecule has 1 aromatic carbocycles. The number of hydrogen-bond acceptors (Lipinski definition) is 4. The summed E-state index contributed by atoms with van der Waals surface area (Å²) in [5, 5.41) is 7.65. The molecule has 1 atom stereocenters. The Morgan fingerprint density at radius 3 is 2.86 bits per heavy atom. The van der Waals surface area contributed by atoms with Crippen molar-refractivity contribution >= 4 is 0 Å². The second kappa shape index (κ2) is 7.78. The lowest BCUT2D eigenvalue weighted by Crippen LogP contribution is -2.24. The number of ether oxygens (including phenoxy) is 1. The van der Waals surface area contributed by atoms with Crippen molar-refractivity contribution in [1.29, 1.82) is 0 Å². The maximum atomic E-state index is 5.72. The molecular formula is C16H24N4O. The molecule has 114 valence electrons. The largest absolute Gasteiger partial charge is 0.494 e. The van der Waals surface area contributed by atoms with Crippen LogP contribution in [-0.4, -0.2) is 27.9 Å². The standard InChI is InChI=1S/C16H24N4O/c1-4-9-21-14-8-6-7-13(10-14)15(17-5-2)11-16-18-12-19-20(16)3/h6-8,10,12,15,17H,4-5,9,11H2,1-3H3. The first kappa shape index (κ1) is 15.5. The van der Waals surface area contributed by atoms with Gasteiger partial charge in [0.25, 0.3) is 0 Å². The molecule has 2 aromatic rings. The quantitative estimate of drug-likeness (QED) is 0.811. The lowest BCUT2D eigenvalue weighted by atomic mass is 10.0. The summed E-state index contributed by atoms with van der Waals surface area (Å²) < 4.78 is 7.54. The van der Waals surface area contributed by atoms with Gasteiger partial charge in [-0.05, 0) is 30.7 Å². The van der Waals surface area contributed by atoms with Gasteiger partial charge in [-0.1, -0.05) is 26.0 Å². The first-order valence-corrected chi connectivity index (χ1v) is 7.53. The third kappa shape index (κ3) is 4.29. The van der Waals surface area contributed by atoms with Gasteiger partial charge in [0.15, 0.2) is 0 Å². The molecule has 5 heteroatoms. The van der Waals surface area contributed by atoms with E-state index in [1.54, 1.807) is 6.33 Å². The molecule has 1 aromatic heterocycles. The van der Waals surface area contributed by atoms with Crippen LogP contribution in [0.2, 0.25) is 0 Å². The zero-order valence-corrected chi connectivity index (χ0v) is 13.0. The molecular weight excluding hydrogens is 264 g/mol. The van der Waals surface area contributed by atoms with Gasteiger partial charge in [-0.15, -0.1) is 0 Å². The minimum Gasteiger partial charge on any atom is -0.494 e. The van der Waals surface area contributed by atoms with E-state index in [2.05, 4.69) is 41.4 Å². The lowest BCUT2D eigenvalue weighted by molar-refractivity contribution is 0.316. The Kier molecular flexibility index (Phi) is 5.75. The van der Waals surface area contributed by atoms with Crippen molar-refractivity contribution in [1.82, 2.24) is 20.1 Å². The summed E-state index contributed by atoms with van der Waals surface area (Å²) in [6.45, 7) is 5.88. The molecule has 0 fully saturated rings. The number of aryl methyl sites for hydroxylation is 1. The molecule has 0 aliphatic carbocycles. The SMILES string of the molecule is CCCOc1cccc(C(Cc2ncnn2C)NCC)c1. The Hall–Kier alpha value is -1.88. The van der Waals surface area contributed by atoms with Gasteiger partial charge < -0.3 is 10.1 Å². The highest BCUT2D eigenvalue weighted by atomic mass is 16.5. The van der Waals surface area contributed by atoms with E-state index >= 15 is 0 Å². The van der Waals surface area contributed by atoms with Crippen LogP contribution in [0.15, 0.2) is 30.6 Å². The second-order valence-electron chi connectivity index (χ2n) is 5.04. The summed E-state index contributed by atoms with van der Waals surface area (Å²) in [4.78, 5) is 4.32. The molecule has 1 N–H and O–H groups in total. The number of benzene rings is 1. The number of likely N-dealkylation sites (N-methyl/N-ethyl adjacent to an activating group) is 1. The maximum absolute atomic E-state index is 5.72. The van der Waals surface area contributed by atoms with Gasteiger partial charge in [0.05, 0.1) is 6.61 Å². The Bertz CT molecular complexity index is 553. The van der Waals surface area contributed by atoms with Crippen molar-refractivity contribution in [3.8, 4) is 5.75 Å². The number of rotatable bonds is 8. The summed E-state index contributed by atoms with van der Waals surface area (Å²) in [5.74, 6) is 1.90. The summed E-state index contributed by atoms with van der Waals surface area (Å²) in [5.41, 5.74) is 1.22. The molecule has 0 aliphatic rings. The predicted molar refractivity (Wildman–Crippen MR) is 83.4 cm³/mol. The van der Waals surface area contributed by atoms with Crippen LogP contribution in [0.4, 0.5) is 0 Å². The van der Waals surface area contributed by atoms with Crippen LogP contribution in [0.25, 0.3) is 0 Å². The number of hydrogen-bond donors (Lipinski definition) is 1. The lowest BCUT2D eigenvalue weighted by Gasteiger charge is -2.18. The summed E-state index contributed by atoms with van der Waals surface area (Å²) >= 11 is 0. The average molecular weight is 288 g/mol. The summed E-state index contributed by atoms with van der Waals surface area (Å²) in [6, 6.07) is 8.50. The third-order valence-corrected chi connectivity index (χ3v) is 3.38. The Morgan fingerprint density at radius 2 is 2.19 bits per heavy atom. The zero-order valence-electron chi connectivity index (χ0n) is 13.0. The van der Waals surface area contributed by atoms with E-state index in [-0.39, 0.29) is 6.04 Å². The van der Waals surface area contributed by atoms with Gasteiger partial charge in [0.1, 0.15) is 17.9 Å². The van der Waals surface area contributed by atoms with Gasteiger partial charge in [-0.3, -0.25) is 4.68 Å². The van der Waals surface area contributed by atoms with E-state index in [9.17, 15) is 0 Å². The molecule has 1 heterocycles. The monoisotopic (exact) mass is 288 g/mol. The van der Waals surface area contributed by atoms with Crippen LogP contribution in [0, 0.1) is 0 Å². The summed E-state index contributed by atoms with van der Waals surface area (Å²) in [7, 11) is 1.92. The Balaban J connectivity index is 2.15. The van der Waals surface area contributed by atoms with Crippen molar-refractivity contribution in [3.05, 3.63) is 42.0 Å². The molecule has 1 unspecified atom stereocenters. The van der Waals surface area contributed by atoms with E-state index < -0.39 is 0 Å². The minimum atomic E-state index is 0.211. The van der Waals surface area contributed by atoms with E-state index in [1.165, 1.54) is 5.56 Å². The Labute approximate surface area is 126 Å². The second-order valence-corrected chi connectivity index (χ2v) is 5.04. The molecule has 0 saturated carbocycles. The molecule has 0 saturated heterocycles. The van der Waals surface area contributed by atoms with Crippen molar-refractivity contribution in [3.63, 3.8) is 0 Å². The van der Waals surface area contributed by atoms with Gasteiger partial charge in [0.2, 0.25) is 0 Å². The van der Waals surface area contributed by atoms with Gasteiger partial charge >= 0.3 is 0 Å². The third-order valence-electron chi connectivity index (χ3n) is 3.38. The molecule has 0 bridgehead atoms. The van der Waals surface area contributed by atoms with E-state index in [1.807, 2.05) is 23.9 Å². The first-order valence-electron chi connectivity index (χ1n) is 7.53. The Morgan fingerprint density at radius 1 is 1.33 bits per heavy atom. The van der Waals surface area contributed by atoms with Crippen LogP contribution >= 0.6 is 0 Å². The highest BCUT2D eigenvalue weighted by Crippen LogP contribution is 2.22. The summed E-state index contributed by atoms with van der Waals surface area (Å²) in [6.07, 6.45) is 3.42. The van der Waals surface area contributed by atoms with Crippen molar-refractivity contribution in [2.75, 3.05) is 13.2 Å². The number of nitrogens with zero attached hydrogens (tertiary/aromatic N) is 3. The fourth-order valence-electron chi connectivity index (χ4n) is 2.28. The van der Waals surface area contributed by atoms with Gasteiger partial charge in [-0.2, -0.15) is 5.10 Å². The molecule has 2 rings (SSSR count). The maximum Gasteiger partial charge on any atom is 0.138 e. The van der Waals surface area contributed by atoms with Crippen molar-refractivity contribution < 1.29 is 4.74 Å². The fraction of sp³-hybridized carbons (Fsp3) is 0.500.